The van der Waals surface area contributed by atoms with Crippen molar-refractivity contribution in [3.63, 3.8) is 0 Å². The van der Waals surface area contributed by atoms with Crippen LogP contribution >= 0.6 is 0 Å². The fraction of sp³-hybridized carbons (Fsp3) is 0.750. The van der Waals surface area contributed by atoms with Gasteiger partial charge in [0.15, 0.2) is 6.29 Å². The van der Waals surface area contributed by atoms with E-state index in [1.54, 1.807) is 0 Å². The molecule has 0 saturated heterocycles. The molecule has 0 bridgehead atoms. The number of hydrogen-bond acceptors (Lipinski definition) is 3. The summed E-state index contributed by atoms with van der Waals surface area (Å²) in [5.41, 5.74) is 1.96. The molecule has 0 aromatic heterocycles. The number of nitrogens with zero attached hydrogens (tertiary/aromatic N) is 1. The van der Waals surface area contributed by atoms with Gasteiger partial charge in [-0.3, -0.25) is 4.90 Å². The highest BCUT2D eigenvalue weighted by Crippen LogP contribution is 2.20. The minimum atomic E-state index is -1.25. The molecule has 1 heterocycles. The first-order valence-corrected chi connectivity index (χ1v) is 3.90. The zero-order valence-electron chi connectivity index (χ0n) is 7.04. The van der Waals surface area contributed by atoms with E-state index in [1.807, 2.05) is 14.0 Å². The second-order valence-corrected chi connectivity index (χ2v) is 3.03. The van der Waals surface area contributed by atoms with Crippen molar-refractivity contribution in [2.75, 3.05) is 20.1 Å². The molecule has 3 nitrogen and oxygen atoms in total. The van der Waals surface area contributed by atoms with Crippen molar-refractivity contribution in [3.05, 3.63) is 11.1 Å². The molecule has 11 heavy (non-hydrogen) atoms. The average molecular weight is 157 g/mol. The Balaban J connectivity index is 2.71. The molecule has 0 amide bonds. The van der Waals surface area contributed by atoms with E-state index in [0.29, 0.717) is 6.54 Å². The first-order valence-electron chi connectivity index (χ1n) is 3.90. The van der Waals surface area contributed by atoms with Gasteiger partial charge in [0.25, 0.3) is 0 Å². The van der Waals surface area contributed by atoms with Gasteiger partial charge in [-0.25, -0.2) is 0 Å². The first kappa shape index (κ1) is 8.71. The first-order chi connectivity index (χ1) is 5.15. The Morgan fingerprint density at radius 2 is 2.09 bits per heavy atom. The Bertz CT molecular complexity index is 175. The monoisotopic (exact) mass is 157 g/mol. The van der Waals surface area contributed by atoms with Crippen LogP contribution in [0.4, 0.5) is 0 Å². The van der Waals surface area contributed by atoms with Gasteiger partial charge in [0.1, 0.15) is 0 Å². The standard InChI is InChI=1S/C8H15NO2/c1-3-6-4-9(2)5-7(6)8(10)11/h8,10-11H,3-5H2,1-2H3. The molecule has 0 radical (unpaired) electrons. The molecule has 0 unspecified atom stereocenters. The lowest BCUT2D eigenvalue weighted by atomic mass is 10.1. The van der Waals surface area contributed by atoms with E-state index in [9.17, 15) is 0 Å². The summed E-state index contributed by atoms with van der Waals surface area (Å²) in [6.45, 7) is 3.61. The van der Waals surface area contributed by atoms with Crippen molar-refractivity contribution in [3.8, 4) is 0 Å². The molecule has 2 N–H and O–H groups in total. The Labute approximate surface area is 66.9 Å². The van der Waals surface area contributed by atoms with E-state index in [2.05, 4.69) is 4.90 Å². The fourth-order valence-electron chi connectivity index (χ4n) is 1.49. The van der Waals surface area contributed by atoms with E-state index >= 15 is 0 Å². The van der Waals surface area contributed by atoms with Crippen LogP contribution in [0.25, 0.3) is 0 Å². The van der Waals surface area contributed by atoms with Gasteiger partial charge in [-0.05, 0) is 19.0 Å². The zero-order valence-corrected chi connectivity index (χ0v) is 7.04. The van der Waals surface area contributed by atoms with Crippen LogP contribution in [0.1, 0.15) is 13.3 Å². The number of aliphatic hydroxyl groups excluding tert-OH is 1. The summed E-state index contributed by atoms with van der Waals surface area (Å²) >= 11 is 0. The molecule has 64 valence electrons. The van der Waals surface area contributed by atoms with Crippen molar-refractivity contribution in [1.82, 2.24) is 4.90 Å². The second-order valence-electron chi connectivity index (χ2n) is 3.03. The molecule has 0 aromatic carbocycles. The number of hydrogen-bond donors (Lipinski definition) is 2. The molecule has 0 atom stereocenters. The van der Waals surface area contributed by atoms with Crippen LogP contribution in [0, 0.1) is 0 Å². The number of aliphatic hydroxyl groups is 2. The summed E-state index contributed by atoms with van der Waals surface area (Å²) in [7, 11) is 1.98. The molecule has 0 saturated carbocycles. The van der Waals surface area contributed by atoms with Crippen molar-refractivity contribution < 1.29 is 10.2 Å². The third-order valence-corrected chi connectivity index (χ3v) is 2.09. The Morgan fingerprint density at radius 1 is 1.45 bits per heavy atom. The van der Waals surface area contributed by atoms with Gasteiger partial charge in [0.2, 0.25) is 0 Å². The van der Waals surface area contributed by atoms with Crippen molar-refractivity contribution in [2.24, 2.45) is 0 Å². The molecule has 0 spiro atoms. The molecule has 3 heteroatoms. The summed E-state index contributed by atoms with van der Waals surface area (Å²) < 4.78 is 0. The minimum Gasteiger partial charge on any atom is -0.365 e. The van der Waals surface area contributed by atoms with Crippen LogP contribution in [-0.2, 0) is 0 Å². The van der Waals surface area contributed by atoms with Crippen LogP contribution in [0.2, 0.25) is 0 Å². The summed E-state index contributed by atoms with van der Waals surface area (Å²) in [5, 5.41) is 17.9. The van der Waals surface area contributed by atoms with Crippen molar-refractivity contribution >= 4 is 0 Å². The smallest absolute Gasteiger partial charge is 0.175 e. The summed E-state index contributed by atoms with van der Waals surface area (Å²) in [5.74, 6) is 0. The topological polar surface area (TPSA) is 43.7 Å². The Hall–Kier alpha value is -0.380. The van der Waals surface area contributed by atoms with Gasteiger partial charge in [-0.2, -0.15) is 0 Å². The van der Waals surface area contributed by atoms with Crippen LogP contribution in [0.3, 0.4) is 0 Å². The molecule has 1 aliphatic rings. The zero-order chi connectivity index (χ0) is 8.43. The van der Waals surface area contributed by atoms with E-state index < -0.39 is 6.29 Å². The molecule has 1 aliphatic heterocycles. The average Bonchev–Trinajstić information content (AvgIpc) is 2.30. The molecule has 1 rings (SSSR count). The fourth-order valence-corrected chi connectivity index (χ4v) is 1.49. The summed E-state index contributed by atoms with van der Waals surface area (Å²) in [6.07, 6.45) is -0.341. The normalized spacial score (nSPS) is 20.5. The molecular formula is C8H15NO2. The maximum atomic E-state index is 8.94. The highest BCUT2D eigenvalue weighted by atomic mass is 16.5. The second kappa shape index (κ2) is 3.34. The van der Waals surface area contributed by atoms with E-state index in [1.165, 1.54) is 5.57 Å². The number of rotatable bonds is 2. The highest BCUT2D eigenvalue weighted by molar-refractivity contribution is 5.23. The van der Waals surface area contributed by atoms with Crippen LogP contribution in [0.15, 0.2) is 11.1 Å². The largest absolute Gasteiger partial charge is 0.365 e. The maximum Gasteiger partial charge on any atom is 0.175 e. The van der Waals surface area contributed by atoms with Crippen LogP contribution in [0.5, 0.6) is 0 Å². The van der Waals surface area contributed by atoms with Gasteiger partial charge < -0.3 is 10.2 Å². The Morgan fingerprint density at radius 3 is 2.45 bits per heavy atom. The molecule has 0 aromatic rings. The predicted octanol–water partition coefficient (Wildman–Crippen LogP) is -0.0509. The van der Waals surface area contributed by atoms with Crippen molar-refractivity contribution in [2.45, 2.75) is 19.6 Å². The summed E-state index contributed by atoms with van der Waals surface area (Å²) in [6, 6.07) is 0. The van der Waals surface area contributed by atoms with Gasteiger partial charge in [0.05, 0.1) is 0 Å². The molecule has 0 aliphatic carbocycles. The highest BCUT2D eigenvalue weighted by Gasteiger charge is 2.21. The van der Waals surface area contributed by atoms with Crippen LogP contribution in [-0.4, -0.2) is 41.5 Å². The maximum absolute atomic E-state index is 8.94. The van der Waals surface area contributed by atoms with E-state index in [4.69, 9.17) is 10.2 Å². The quantitative estimate of drug-likeness (QED) is 0.436. The third-order valence-electron chi connectivity index (χ3n) is 2.09. The van der Waals surface area contributed by atoms with Crippen LogP contribution < -0.4 is 0 Å². The molecular weight excluding hydrogens is 142 g/mol. The lowest BCUT2D eigenvalue weighted by Crippen LogP contribution is -2.18. The SMILES string of the molecule is CCC1=C(C(O)O)CN(C)C1. The van der Waals surface area contributed by atoms with E-state index in [-0.39, 0.29) is 0 Å². The summed E-state index contributed by atoms with van der Waals surface area (Å²) in [4.78, 5) is 2.08. The Kier molecular flexibility index (Phi) is 2.65. The lowest BCUT2D eigenvalue weighted by molar-refractivity contribution is -0.0103. The van der Waals surface area contributed by atoms with Gasteiger partial charge in [0, 0.05) is 13.1 Å². The predicted molar refractivity (Wildman–Crippen MR) is 43.0 cm³/mol. The van der Waals surface area contributed by atoms with Gasteiger partial charge >= 0.3 is 0 Å². The number of likely N-dealkylation sites (N-methyl/N-ethyl adjacent to an activating group) is 1. The molecule has 0 fully saturated rings. The third kappa shape index (κ3) is 1.80. The lowest BCUT2D eigenvalue weighted by Gasteiger charge is -2.07. The van der Waals surface area contributed by atoms with Crippen molar-refractivity contribution in [1.29, 1.82) is 0 Å². The van der Waals surface area contributed by atoms with Gasteiger partial charge in [-0.15, -0.1) is 0 Å². The minimum absolute atomic E-state index is 0.695. The van der Waals surface area contributed by atoms with E-state index in [0.717, 1.165) is 18.5 Å². The van der Waals surface area contributed by atoms with Gasteiger partial charge in [-0.1, -0.05) is 12.5 Å².